The molecule has 0 N–H and O–H groups in total. The van der Waals surface area contributed by atoms with E-state index in [0.29, 0.717) is 38.4 Å². The van der Waals surface area contributed by atoms with Crippen molar-refractivity contribution in [1.29, 1.82) is 0 Å². The molecule has 4 rings (SSSR count). The summed E-state index contributed by atoms with van der Waals surface area (Å²) in [6.07, 6.45) is 2.21. The first-order valence-electron chi connectivity index (χ1n) is 10.6. The van der Waals surface area contributed by atoms with E-state index in [4.69, 9.17) is 4.74 Å². The molecule has 2 aromatic carbocycles. The van der Waals surface area contributed by atoms with Gasteiger partial charge in [0.05, 0.1) is 11.5 Å². The molecule has 2 aromatic rings. The average molecular weight is 429 g/mol. The number of fused-ring (bicyclic) bond motifs is 1. The lowest BCUT2D eigenvalue weighted by molar-refractivity contribution is -0.133. The van der Waals surface area contributed by atoms with Gasteiger partial charge >= 0.3 is 0 Å². The zero-order valence-corrected chi connectivity index (χ0v) is 18.1. The van der Waals surface area contributed by atoms with E-state index in [0.717, 1.165) is 18.4 Å². The number of rotatable bonds is 6. The molecule has 30 heavy (non-hydrogen) atoms. The summed E-state index contributed by atoms with van der Waals surface area (Å²) in [4.78, 5) is 15.0. The third kappa shape index (κ3) is 4.23. The van der Waals surface area contributed by atoms with Gasteiger partial charge in [-0.25, -0.2) is 8.42 Å². The molecule has 0 bridgehead atoms. The van der Waals surface area contributed by atoms with Gasteiger partial charge in [-0.3, -0.25) is 4.79 Å². The van der Waals surface area contributed by atoms with Gasteiger partial charge in [-0.15, -0.1) is 0 Å². The van der Waals surface area contributed by atoms with Crippen LogP contribution in [0.3, 0.4) is 0 Å². The molecule has 2 heterocycles. The van der Waals surface area contributed by atoms with Crippen molar-refractivity contribution in [2.75, 3.05) is 19.7 Å². The molecule has 0 spiro atoms. The lowest BCUT2D eigenvalue weighted by Crippen LogP contribution is -2.43. The van der Waals surface area contributed by atoms with Gasteiger partial charge in [0.1, 0.15) is 5.75 Å². The van der Waals surface area contributed by atoms with Crippen molar-refractivity contribution in [2.45, 2.75) is 43.7 Å². The van der Waals surface area contributed by atoms with Crippen LogP contribution in [-0.2, 0) is 21.4 Å². The normalized spacial score (nSPS) is 22.6. The number of hydrogen-bond acceptors (Lipinski definition) is 4. The standard InChI is InChI=1S/C23H28N2O4S/c1-2-29-20-11-13-21(14-12-20)30(27,28)24-16-19-9-6-10-23(26)25(22(19)17-24)15-18-7-4-3-5-8-18/h3-5,7-8,11-14,19,22H,2,6,9-10,15-17H2,1H3/t19-,22+/m1/s1. The van der Waals surface area contributed by atoms with Crippen molar-refractivity contribution >= 4 is 15.9 Å². The molecule has 2 saturated heterocycles. The minimum atomic E-state index is -3.61. The number of hydrogen-bond donors (Lipinski definition) is 0. The van der Waals surface area contributed by atoms with Crippen molar-refractivity contribution in [1.82, 2.24) is 9.21 Å². The maximum atomic E-state index is 13.3. The first-order chi connectivity index (χ1) is 14.5. The van der Waals surface area contributed by atoms with Crippen molar-refractivity contribution in [2.24, 2.45) is 5.92 Å². The Morgan fingerprint density at radius 3 is 2.47 bits per heavy atom. The van der Waals surface area contributed by atoms with Crippen LogP contribution in [0, 0.1) is 5.92 Å². The van der Waals surface area contributed by atoms with Gasteiger partial charge in [-0.2, -0.15) is 4.31 Å². The largest absolute Gasteiger partial charge is 0.494 e. The van der Waals surface area contributed by atoms with Gasteiger partial charge in [0.15, 0.2) is 0 Å². The highest BCUT2D eigenvalue weighted by Gasteiger charge is 2.44. The first kappa shape index (κ1) is 20.9. The molecule has 160 valence electrons. The Morgan fingerprint density at radius 1 is 1.03 bits per heavy atom. The number of benzene rings is 2. The number of likely N-dealkylation sites (tertiary alicyclic amines) is 1. The van der Waals surface area contributed by atoms with Crippen molar-refractivity contribution in [3.05, 3.63) is 60.2 Å². The molecule has 0 aromatic heterocycles. The molecule has 2 aliphatic heterocycles. The maximum absolute atomic E-state index is 13.3. The summed E-state index contributed by atoms with van der Waals surface area (Å²) in [5.41, 5.74) is 1.07. The summed E-state index contributed by atoms with van der Waals surface area (Å²) in [7, 11) is -3.61. The number of carbonyl (C=O) groups excluding carboxylic acids is 1. The Labute approximate surface area is 178 Å². The Morgan fingerprint density at radius 2 is 1.77 bits per heavy atom. The second-order valence-electron chi connectivity index (χ2n) is 7.95. The fraction of sp³-hybridized carbons (Fsp3) is 0.435. The monoisotopic (exact) mass is 428 g/mol. The van der Waals surface area contributed by atoms with E-state index in [1.54, 1.807) is 28.6 Å². The third-order valence-electron chi connectivity index (χ3n) is 6.03. The van der Waals surface area contributed by atoms with E-state index in [1.165, 1.54) is 0 Å². The Hall–Kier alpha value is -2.38. The van der Waals surface area contributed by atoms with Crippen molar-refractivity contribution in [3.8, 4) is 5.75 Å². The van der Waals surface area contributed by atoms with Crippen molar-refractivity contribution in [3.63, 3.8) is 0 Å². The average Bonchev–Trinajstić information content (AvgIpc) is 3.12. The van der Waals surface area contributed by atoms with Crippen LogP contribution >= 0.6 is 0 Å². The van der Waals surface area contributed by atoms with Gasteiger partial charge in [0.25, 0.3) is 0 Å². The highest BCUT2D eigenvalue weighted by atomic mass is 32.2. The molecule has 6 nitrogen and oxygen atoms in total. The van der Waals surface area contributed by atoms with Gasteiger partial charge in [0.2, 0.25) is 15.9 Å². The van der Waals surface area contributed by atoms with E-state index in [2.05, 4.69) is 0 Å². The molecule has 0 aliphatic carbocycles. The Bertz CT molecular complexity index is 976. The van der Waals surface area contributed by atoms with Crippen LogP contribution in [0.25, 0.3) is 0 Å². The summed E-state index contributed by atoms with van der Waals surface area (Å²) >= 11 is 0. The van der Waals surface area contributed by atoms with Gasteiger partial charge in [-0.05, 0) is 55.5 Å². The van der Waals surface area contributed by atoms with Crippen LogP contribution in [0.15, 0.2) is 59.5 Å². The van der Waals surface area contributed by atoms with E-state index in [-0.39, 0.29) is 22.8 Å². The first-order valence-corrected chi connectivity index (χ1v) is 12.0. The minimum Gasteiger partial charge on any atom is -0.494 e. The lowest BCUT2D eigenvalue weighted by Gasteiger charge is -2.30. The summed E-state index contributed by atoms with van der Waals surface area (Å²) < 4.78 is 33.5. The maximum Gasteiger partial charge on any atom is 0.243 e. The van der Waals surface area contributed by atoms with Crippen LogP contribution in [0.5, 0.6) is 5.75 Å². The molecule has 2 aliphatic rings. The topological polar surface area (TPSA) is 66.9 Å². The third-order valence-corrected chi connectivity index (χ3v) is 7.87. The molecular weight excluding hydrogens is 400 g/mol. The summed E-state index contributed by atoms with van der Waals surface area (Å²) in [6, 6.07) is 16.4. The molecule has 1 amide bonds. The zero-order chi connectivity index (χ0) is 21.1. The summed E-state index contributed by atoms with van der Waals surface area (Å²) in [6.45, 7) is 3.75. The SMILES string of the molecule is CCOc1ccc(S(=O)(=O)N2C[C@H]3CCCC(=O)N(Cc4ccccc4)[C@H]3C2)cc1. The summed E-state index contributed by atoms with van der Waals surface area (Å²) in [5.74, 6) is 0.937. The van der Waals surface area contributed by atoms with E-state index >= 15 is 0 Å². The van der Waals surface area contributed by atoms with Gasteiger partial charge in [0, 0.05) is 32.1 Å². The lowest BCUT2D eigenvalue weighted by atomic mass is 9.98. The number of nitrogens with zero attached hydrogens (tertiary/aromatic N) is 2. The number of carbonyl (C=O) groups is 1. The fourth-order valence-electron chi connectivity index (χ4n) is 4.50. The Kier molecular flexibility index (Phi) is 6.11. The quantitative estimate of drug-likeness (QED) is 0.708. The van der Waals surface area contributed by atoms with Crippen molar-refractivity contribution < 1.29 is 17.9 Å². The predicted molar refractivity (Wildman–Crippen MR) is 114 cm³/mol. The summed E-state index contributed by atoms with van der Waals surface area (Å²) in [5, 5.41) is 0. The molecule has 0 unspecified atom stereocenters. The molecular formula is C23H28N2O4S. The number of ether oxygens (including phenoxy) is 1. The molecule has 2 atom stereocenters. The molecule has 0 radical (unpaired) electrons. The van der Waals surface area contributed by atoms with E-state index in [9.17, 15) is 13.2 Å². The highest BCUT2D eigenvalue weighted by molar-refractivity contribution is 7.89. The van der Waals surface area contributed by atoms with Crippen LogP contribution in [0.4, 0.5) is 0 Å². The minimum absolute atomic E-state index is 0.0855. The van der Waals surface area contributed by atoms with Gasteiger partial charge < -0.3 is 9.64 Å². The number of amides is 1. The Balaban J connectivity index is 1.55. The molecule has 7 heteroatoms. The van der Waals surface area contributed by atoms with Crippen LogP contribution in [0.1, 0.15) is 31.7 Å². The second-order valence-corrected chi connectivity index (χ2v) is 9.89. The van der Waals surface area contributed by atoms with Crippen LogP contribution in [0.2, 0.25) is 0 Å². The van der Waals surface area contributed by atoms with E-state index in [1.807, 2.05) is 42.2 Å². The highest BCUT2D eigenvalue weighted by Crippen LogP contribution is 2.34. The van der Waals surface area contributed by atoms with Crippen LogP contribution in [-0.4, -0.2) is 49.3 Å². The zero-order valence-electron chi connectivity index (χ0n) is 17.2. The van der Waals surface area contributed by atoms with Crippen LogP contribution < -0.4 is 4.74 Å². The molecule has 0 saturated carbocycles. The number of sulfonamides is 1. The van der Waals surface area contributed by atoms with Gasteiger partial charge in [-0.1, -0.05) is 30.3 Å². The predicted octanol–water partition coefficient (Wildman–Crippen LogP) is 3.29. The smallest absolute Gasteiger partial charge is 0.243 e. The van der Waals surface area contributed by atoms with E-state index < -0.39 is 10.0 Å². The second kappa shape index (κ2) is 8.78. The fourth-order valence-corrected chi connectivity index (χ4v) is 6.02. The molecule has 2 fully saturated rings.